The van der Waals surface area contributed by atoms with E-state index in [1.807, 2.05) is 6.07 Å². The van der Waals surface area contributed by atoms with Crippen LogP contribution < -0.4 is 4.72 Å². The number of nitrogens with one attached hydrogen (secondary N) is 2. The van der Waals surface area contributed by atoms with E-state index in [0.29, 0.717) is 16.7 Å². The fourth-order valence-electron chi connectivity index (χ4n) is 1.80. The third kappa shape index (κ3) is 2.54. The normalized spacial score (nSPS) is 11.8. The Morgan fingerprint density at radius 2 is 1.90 bits per heavy atom. The highest BCUT2D eigenvalue weighted by Gasteiger charge is 2.18. The van der Waals surface area contributed by atoms with Gasteiger partial charge in [0.1, 0.15) is 0 Å². The highest BCUT2D eigenvalue weighted by Crippen LogP contribution is 2.13. The first kappa shape index (κ1) is 12.8. The van der Waals surface area contributed by atoms with E-state index in [1.165, 1.54) is 0 Å². The molecule has 0 aliphatic heterocycles. The molecule has 3 rings (SSSR count). The molecule has 0 amide bonds. The standard InChI is InChI=1S/C13H12N4O2S/c18-20(19,15-9-10-5-3-4-8-14-10)13-16-11-6-1-2-7-12(11)17-13/h1-8,15H,9H2,(H,16,17). The molecule has 0 spiro atoms. The molecule has 0 saturated carbocycles. The summed E-state index contributed by atoms with van der Waals surface area (Å²) in [5.41, 5.74) is 1.95. The Kier molecular flexibility index (Phi) is 3.21. The summed E-state index contributed by atoms with van der Waals surface area (Å²) >= 11 is 0. The second-order valence-corrected chi connectivity index (χ2v) is 5.89. The molecule has 0 aliphatic carbocycles. The molecule has 0 unspecified atom stereocenters. The van der Waals surface area contributed by atoms with Gasteiger partial charge in [-0.1, -0.05) is 18.2 Å². The molecule has 6 nitrogen and oxygen atoms in total. The molecular formula is C13H12N4O2S. The molecule has 0 atom stereocenters. The van der Waals surface area contributed by atoms with Gasteiger partial charge in [0.05, 0.1) is 23.3 Å². The number of fused-ring (bicyclic) bond motifs is 1. The Bertz CT molecular complexity index is 795. The zero-order chi connectivity index (χ0) is 14.0. The third-order valence-electron chi connectivity index (χ3n) is 2.79. The molecule has 0 saturated heterocycles. The quantitative estimate of drug-likeness (QED) is 0.760. The van der Waals surface area contributed by atoms with E-state index in [2.05, 4.69) is 19.7 Å². The lowest BCUT2D eigenvalue weighted by Gasteiger charge is -2.03. The molecule has 2 heterocycles. The number of nitrogens with zero attached hydrogens (tertiary/aromatic N) is 2. The van der Waals surface area contributed by atoms with Gasteiger partial charge in [0.25, 0.3) is 10.0 Å². The molecular weight excluding hydrogens is 276 g/mol. The second-order valence-electron chi connectivity index (χ2n) is 4.20. The van der Waals surface area contributed by atoms with Gasteiger partial charge in [-0.25, -0.2) is 18.1 Å². The van der Waals surface area contributed by atoms with Gasteiger partial charge < -0.3 is 4.98 Å². The lowest BCUT2D eigenvalue weighted by Crippen LogP contribution is -2.24. The molecule has 0 radical (unpaired) electrons. The van der Waals surface area contributed by atoms with Crippen LogP contribution in [-0.2, 0) is 16.6 Å². The third-order valence-corrected chi connectivity index (χ3v) is 4.02. The highest BCUT2D eigenvalue weighted by atomic mass is 32.2. The van der Waals surface area contributed by atoms with Crippen molar-refractivity contribution in [1.29, 1.82) is 0 Å². The highest BCUT2D eigenvalue weighted by molar-refractivity contribution is 7.89. The Morgan fingerprint density at radius 3 is 2.65 bits per heavy atom. The summed E-state index contributed by atoms with van der Waals surface area (Å²) in [6, 6.07) is 12.5. The molecule has 2 aromatic heterocycles. The van der Waals surface area contributed by atoms with Crippen LogP contribution in [0, 0.1) is 0 Å². The minimum absolute atomic E-state index is 0.0883. The number of pyridine rings is 1. The van der Waals surface area contributed by atoms with Crippen LogP contribution in [0.15, 0.2) is 53.8 Å². The van der Waals surface area contributed by atoms with E-state index in [1.54, 1.807) is 42.6 Å². The van der Waals surface area contributed by atoms with Gasteiger partial charge in [-0.3, -0.25) is 4.98 Å². The van der Waals surface area contributed by atoms with Gasteiger partial charge >= 0.3 is 0 Å². The number of aromatic amines is 1. The van der Waals surface area contributed by atoms with E-state index < -0.39 is 10.0 Å². The molecule has 102 valence electrons. The maximum absolute atomic E-state index is 12.1. The predicted octanol–water partition coefficient (Wildman–Crippen LogP) is 1.44. The number of hydrogen-bond donors (Lipinski definition) is 2. The largest absolute Gasteiger partial charge is 0.328 e. The number of H-pyrrole nitrogens is 1. The fraction of sp³-hybridized carbons (Fsp3) is 0.0769. The van der Waals surface area contributed by atoms with Gasteiger partial charge in [-0.2, -0.15) is 0 Å². The van der Waals surface area contributed by atoms with Gasteiger partial charge in [0.2, 0.25) is 5.16 Å². The number of rotatable bonds is 4. The molecule has 0 aliphatic rings. The first-order valence-electron chi connectivity index (χ1n) is 5.99. The molecule has 0 bridgehead atoms. The topological polar surface area (TPSA) is 87.7 Å². The summed E-state index contributed by atoms with van der Waals surface area (Å²) in [6.07, 6.45) is 1.62. The van der Waals surface area contributed by atoms with Crippen LogP contribution in [0.1, 0.15) is 5.69 Å². The molecule has 2 N–H and O–H groups in total. The zero-order valence-corrected chi connectivity index (χ0v) is 11.3. The molecule has 0 fully saturated rings. The van der Waals surface area contributed by atoms with Gasteiger partial charge in [-0.05, 0) is 24.3 Å². The van der Waals surface area contributed by atoms with Crippen LogP contribution in [0.2, 0.25) is 0 Å². The Hall–Kier alpha value is -2.25. The number of para-hydroxylation sites is 2. The fourth-order valence-corrected chi connectivity index (χ4v) is 2.73. The van der Waals surface area contributed by atoms with Crippen molar-refractivity contribution in [2.45, 2.75) is 11.7 Å². The van der Waals surface area contributed by atoms with E-state index in [0.717, 1.165) is 0 Å². The smallest absolute Gasteiger partial charge is 0.274 e. The van der Waals surface area contributed by atoms with Crippen molar-refractivity contribution in [3.05, 3.63) is 54.4 Å². The first-order chi connectivity index (χ1) is 9.65. The summed E-state index contributed by atoms with van der Waals surface area (Å²) in [7, 11) is -3.68. The molecule has 1 aromatic carbocycles. The van der Waals surface area contributed by atoms with Crippen molar-refractivity contribution in [2.75, 3.05) is 0 Å². The zero-order valence-electron chi connectivity index (χ0n) is 10.4. The number of hydrogen-bond acceptors (Lipinski definition) is 4. The average molecular weight is 288 g/mol. The van der Waals surface area contributed by atoms with Crippen molar-refractivity contribution >= 4 is 21.1 Å². The van der Waals surface area contributed by atoms with E-state index in [-0.39, 0.29) is 11.7 Å². The molecule has 3 aromatic rings. The van der Waals surface area contributed by atoms with Crippen molar-refractivity contribution in [1.82, 2.24) is 19.7 Å². The van der Waals surface area contributed by atoms with Crippen LogP contribution in [0.4, 0.5) is 0 Å². The van der Waals surface area contributed by atoms with Crippen LogP contribution in [-0.4, -0.2) is 23.4 Å². The SMILES string of the molecule is O=S(=O)(NCc1ccccn1)c1nc2ccccc2[nH]1. The minimum Gasteiger partial charge on any atom is -0.328 e. The number of sulfonamides is 1. The summed E-state index contributed by atoms with van der Waals surface area (Å²) < 4.78 is 26.8. The van der Waals surface area contributed by atoms with Crippen molar-refractivity contribution in [3.8, 4) is 0 Å². The average Bonchev–Trinajstić information content (AvgIpc) is 2.91. The Balaban J connectivity index is 1.84. The Labute approximate surface area is 115 Å². The van der Waals surface area contributed by atoms with Crippen molar-refractivity contribution in [3.63, 3.8) is 0 Å². The van der Waals surface area contributed by atoms with Gasteiger partial charge in [-0.15, -0.1) is 0 Å². The van der Waals surface area contributed by atoms with Crippen molar-refractivity contribution in [2.24, 2.45) is 0 Å². The maximum Gasteiger partial charge on any atom is 0.274 e. The van der Waals surface area contributed by atoms with Crippen LogP contribution in [0.3, 0.4) is 0 Å². The Morgan fingerprint density at radius 1 is 1.10 bits per heavy atom. The van der Waals surface area contributed by atoms with Crippen LogP contribution in [0.5, 0.6) is 0 Å². The minimum atomic E-state index is -3.68. The first-order valence-corrected chi connectivity index (χ1v) is 7.48. The van der Waals surface area contributed by atoms with Gasteiger partial charge in [0.15, 0.2) is 0 Å². The van der Waals surface area contributed by atoms with E-state index in [9.17, 15) is 8.42 Å². The summed E-state index contributed by atoms with van der Waals surface area (Å²) in [6.45, 7) is 0.125. The summed E-state index contributed by atoms with van der Waals surface area (Å²) in [4.78, 5) is 10.9. The predicted molar refractivity (Wildman–Crippen MR) is 74.4 cm³/mol. The van der Waals surface area contributed by atoms with E-state index >= 15 is 0 Å². The van der Waals surface area contributed by atoms with Gasteiger partial charge in [0, 0.05) is 6.20 Å². The summed E-state index contributed by atoms with van der Waals surface area (Å²) in [5, 5.41) is -0.0883. The number of benzene rings is 1. The summed E-state index contributed by atoms with van der Waals surface area (Å²) in [5.74, 6) is 0. The number of imidazole rings is 1. The molecule has 20 heavy (non-hydrogen) atoms. The second kappa shape index (κ2) is 5.03. The maximum atomic E-state index is 12.1. The van der Waals surface area contributed by atoms with Crippen LogP contribution >= 0.6 is 0 Å². The van der Waals surface area contributed by atoms with Crippen LogP contribution in [0.25, 0.3) is 11.0 Å². The molecule has 7 heteroatoms. The monoisotopic (exact) mass is 288 g/mol. The van der Waals surface area contributed by atoms with Crippen molar-refractivity contribution < 1.29 is 8.42 Å². The lowest BCUT2D eigenvalue weighted by atomic mass is 10.3. The van der Waals surface area contributed by atoms with E-state index in [4.69, 9.17) is 0 Å². The lowest BCUT2D eigenvalue weighted by molar-refractivity contribution is 0.573. The number of aromatic nitrogens is 3.